The number of aromatic amines is 1. The summed E-state index contributed by atoms with van der Waals surface area (Å²) in [4.78, 5) is 29.4. The standard InChI is InChI=1S/C17H22N4O2/c1-2-21-9-3-4-14(21)11-19-16(22)17(23)20-13-5-6-15-12(10-13)7-8-18-15/h5-8,10,14,18H,2-4,9,11H2,1H3,(H,19,22)(H,20,23)/t14-/m0/s1. The monoisotopic (exact) mass is 314 g/mol. The van der Waals surface area contributed by atoms with Crippen molar-refractivity contribution in [3.8, 4) is 0 Å². The van der Waals surface area contributed by atoms with Gasteiger partial charge in [-0.1, -0.05) is 6.92 Å². The van der Waals surface area contributed by atoms with Crippen LogP contribution in [-0.2, 0) is 9.59 Å². The number of hydrogen-bond acceptors (Lipinski definition) is 3. The topological polar surface area (TPSA) is 77.2 Å². The maximum Gasteiger partial charge on any atom is 0.313 e. The van der Waals surface area contributed by atoms with E-state index in [0.717, 1.165) is 36.8 Å². The van der Waals surface area contributed by atoms with Gasteiger partial charge in [0.2, 0.25) is 0 Å². The third-order valence-corrected chi connectivity index (χ3v) is 4.42. The van der Waals surface area contributed by atoms with Gasteiger partial charge in [-0.25, -0.2) is 0 Å². The maximum atomic E-state index is 12.0. The Bertz CT molecular complexity index is 709. The number of nitrogens with zero attached hydrogens (tertiary/aromatic N) is 1. The van der Waals surface area contributed by atoms with Crippen LogP contribution >= 0.6 is 0 Å². The number of aromatic nitrogens is 1. The molecule has 0 bridgehead atoms. The third kappa shape index (κ3) is 3.53. The first-order valence-corrected chi connectivity index (χ1v) is 8.07. The van der Waals surface area contributed by atoms with Crippen molar-refractivity contribution < 1.29 is 9.59 Å². The van der Waals surface area contributed by atoms with E-state index in [9.17, 15) is 9.59 Å². The molecule has 6 nitrogen and oxygen atoms in total. The van der Waals surface area contributed by atoms with Gasteiger partial charge < -0.3 is 15.6 Å². The Kier molecular flexibility index (Phi) is 4.62. The number of anilines is 1. The van der Waals surface area contributed by atoms with E-state index in [1.54, 1.807) is 6.07 Å². The van der Waals surface area contributed by atoms with Crippen molar-refractivity contribution in [2.24, 2.45) is 0 Å². The molecule has 1 atom stereocenters. The highest BCUT2D eigenvalue weighted by Crippen LogP contribution is 2.18. The van der Waals surface area contributed by atoms with Gasteiger partial charge >= 0.3 is 11.8 Å². The first kappa shape index (κ1) is 15.6. The summed E-state index contributed by atoms with van der Waals surface area (Å²) in [6.45, 7) is 4.68. The van der Waals surface area contributed by atoms with E-state index in [0.29, 0.717) is 18.3 Å². The highest BCUT2D eigenvalue weighted by Gasteiger charge is 2.24. The van der Waals surface area contributed by atoms with Gasteiger partial charge in [0, 0.05) is 35.4 Å². The van der Waals surface area contributed by atoms with Gasteiger partial charge in [0.05, 0.1) is 0 Å². The van der Waals surface area contributed by atoms with Gasteiger partial charge in [-0.2, -0.15) is 0 Å². The van der Waals surface area contributed by atoms with Crippen LogP contribution in [0.3, 0.4) is 0 Å². The number of fused-ring (bicyclic) bond motifs is 1. The average Bonchev–Trinajstić information content (AvgIpc) is 3.20. The van der Waals surface area contributed by atoms with E-state index >= 15 is 0 Å². The van der Waals surface area contributed by atoms with Crippen molar-refractivity contribution >= 4 is 28.4 Å². The number of amides is 2. The summed E-state index contributed by atoms with van der Waals surface area (Å²) in [6, 6.07) is 7.75. The molecule has 0 aliphatic carbocycles. The average molecular weight is 314 g/mol. The van der Waals surface area contributed by atoms with Gasteiger partial charge in [0.1, 0.15) is 0 Å². The minimum atomic E-state index is -0.624. The van der Waals surface area contributed by atoms with Crippen molar-refractivity contribution in [2.75, 3.05) is 25.0 Å². The second-order valence-electron chi connectivity index (χ2n) is 5.87. The molecule has 2 aromatic rings. The smallest absolute Gasteiger partial charge is 0.313 e. The number of benzene rings is 1. The first-order chi connectivity index (χ1) is 11.2. The van der Waals surface area contributed by atoms with Crippen LogP contribution in [0.15, 0.2) is 30.5 Å². The molecule has 122 valence electrons. The van der Waals surface area contributed by atoms with E-state index in [-0.39, 0.29) is 0 Å². The number of carbonyl (C=O) groups excluding carboxylic acids is 2. The largest absolute Gasteiger partial charge is 0.361 e. The van der Waals surface area contributed by atoms with Crippen molar-refractivity contribution in [3.05, 3.63) is 30.5 Å². The quantitative estimate of drug-likeness (QED) is 0.752. The summed E-state index contributed by atoms with van der Waals surface area (Å²) in [5, 5.41) is 6.38. The van der Waals surface area contributed by atoms with Crippen molar-refractivity contribution in [1.82, 2.24) is 15.2 Å². The Morgan fingerprint density at radius 2 is 2.17 bits per heavy atom. The fraction of sp³-hybridized carbons (Fsp3) is 0.412. The van der Waals surface area contributed by atoms with Crippen LogP contribution in [-0.4, -0.2) is 47.4 Å². The number of likely N-dealkylation sites (tertiary alicyclic amines) is 1. The first-order valence-electron chi connectivity index (χ1n) is 8.07. The summed E-state index contributed by atoms with van der Waals surface area (Å²) in [6.07, 6.45) is 4.06. The summed E-state index contributed by atoms with van der Waals surface area (Å²) in [7, 11) is 0. The van der Waals surface area contributed by atoms with Gasteiger partial charge in [0.25, 0.3) is 0 Å². The van der Waals surface area contributed by atoms with Crippen molar-refractivity contribution in [2.45, 2.75) is 25.8 Å². The van der Waals surface area contributed by atoms with Crippen LogP contribution in [0.25, 0.3) is 10.9 Å². The number of hydrogen-bond donors (Lipinski definition) is 3. The lowest BCUT2D eigenvalue weighted by molar-refractivity contribution is -0.136. The molecule has 0 spiro atoms. The molecule has 1 fully saturated rings. The van der Waals surface area contributed by atoms with Crippen LogP contribution in [0.1, 0.15) is 19.8 Å². The number of nitrogens with one attached hydrogen (secondary N) is 3. The summed E-state index contributed by atoms with van der Waals surface area (Å²) in [5.74, 6) is -1.21. The molecular weight excluding hydrogens is 292 g/mol. The molecule has 0 saturated carbocycles. The second kappa shape index (κ2) is 6.83. The van der Waals surface area contributed by atoms with Gasteiger partial charge in [-0.3, -0.25) is 14.5 Å². The molecule has 2 heterocycles. The zero-order valence-corrected chi connectivity index (χ0v) is 13.3. The van der Waals surface area contributed by atoms with E-state index < -0.39 is 11.8 Å². The SMILES string of the molecule is CCN1CCC[C@H]1CNC(=O)C(=O)Nc1ccc2[nH]ccc2c1. The number of carbonyl (C=O) groups is 2. The minimum absolute atomic E-state index is 0.341. The van der Waals surface area contributed by atoms with Gasteiger partial charge in [-0.05, 0) is 50.2 Å². The Hall–Kier alpha value is -2.34. The van der Waals surface area contributed by atoms with E-state index in [1.165, 1.54) is 0 Å². The van der Waals surface area contributed by atoms with Crippen LogP contribution < -0.4 is 10.6 Å². The number of rotatable bonds is 4. The molecule has 1 aliphatic rings. The molecule has 6 heteroatoms. The lowest BCUT2D eigenvalue weighted by atomic mass is 10.2. The predicted molar refractivity (Wildman–Crippen MR) is 90.2 cm³/mol. The lowest BCUT2D eigenvalue weighted by Gasteiger charge is -2.22. The summed E-state index contributed by atoms with van der Waals surface area (Å²) in [5.41, 5.74) is 1.61. The molecule has 23 heavy (non-hydrogen) atoms. The van der Waals surface area contributed by atoms with Crippen LogP contribution in [0, 0.1) is 0 Å². The Balaban J connectivity index is 1.53. The lowest BCUT2D eigenvalue weighted by Crippen LogP contribution is -2.43. The molecule has 3 rings (SSSR count). The van der Waals surface area contributed by atoms with E-state index in [2.05, 4.69) is 27.4 Å². The fourth-order valence-electron chi connectivity index (χ4n) is 3.15. The summed E-state index contributed by atoms with van der Waals surface area (Å²) < 4.78 is 0. The molecule has 1 saturated heterocycles. The van der Waals surface area contributed by atoms with Crippen LogP contribution in [0.5, 0.6) is 0 Å². The van der Waals surface area contributed by atoms with Crippen molar-refractivity contribution in [3.63, 3.8) is 0 Å². The Labute approximate surface area is 135 Å². The molecule has 3 N–H and O–H groups in total. The molecule has 1 aliphatic heterocycles. The zero-order valence-electron chi connectivity index (χ0n) is 13.3. The Morgan fingerprint density at radius 1 is 1.30 bits per heavy atom. The fourth-order valence-corrected chi connectivity index (χ4v) is 3.15. The van der Waals surface area contributed by atoms with Crippen LogP contribution in [0.4, 0.5) is 5.69 Å². The molecule has 0 unspecified atom stereocenters. The summed E-state index contributed by atoms with van der Waals surface area (Å²) >= 11 is 0. The highest BCUT2D eigenvalue weighted by atomic mass is 16.2. The van der Waals surface area contributed by atoms with Gasteiger partial charge in [0.15, 0.2) is 0 Å². The van der Waals surface area contributed by atoms with E-state index in [1.807, 2.05) is 24.4 Å². The third-order valence-electron chi connectivity index (χ3n) is 4.42. The number of likely N-dealkylation sites (N-methyl/N-ethyl adjacent to an activating group) is 1. The van der Waals surface area contributed by atoms with Crippen LogP contribution in [0.2, 0.25) is 0 Å². The Morgan fingerprint density at radius 3 is 3.00 bits per heavy atom. The normalized spacial score (nSPS) is 18.2. The maximum absolute atomic E-state index is 12.0. The molecule has 1 aromatic carbocycles. The number of H-pyrrole nitrogens is 1. The zero-order chi connectivity index (χ0) is 16.2. The molecular formula is C17H22N4O2. The minimum Gasteiger partial charge on any atom is -0.361 e. The predicted octanol–water partition coefficient (Wildman–Crippen LogP) is 1.71. The molecule has 0 radical (unpaired) electrons. The second-order valence-corrected chi connectivity index (χ2v) is 5.87. The molecule has 1 aromatic heterocycles. The molecule has 2 amide bonds. The van der Waals surface area contributed by atoms with Gasteiger partial charge in [-0.15, -0.1) is 0 Å². The highest BCUT2D eigenvalue weighted by molar-refractivity contribution is 6.39. The van der Waals surface area contributed by atoms with E-state index in [4.69, 9.17) is 0 Å². The van der Waals surface area contributed by atoms with Crippen molar-refractivity contribution in [1.29, 1.82) is 0 Å².